The van der Waals surface area contributed by atoms with E-state index < -0.39 is 0 Å². The van der Waals surface area contributed by atoms with Gasteiger partial charge in [-0.25, -0.2) is 0 Å². The molecule has 0 radical (unpaired) electrons. The molecule has 0 aliphatic carbocycles. The van der Waals surface area contributed by atoms with E-state index in [1.165, 1.54) is 0 Å². The molecule has 1 aromatic heterocycles. The Labute approximate surface area is 53.9 Å². The van der Waals surface area contributed by atoms with Gasteiger partial charge in [0.15, 0.2) is 0 Å². The predicted molar refractivity (Wildman–Crippen MR) is 34.7 cm³/mol. The SMILES string of the molecule is BrNc1cncs1. The van der Waals surface area contributed by atoms with E-state index in [1.807, 2.05) is 0 Å². The van der Waals surface area contributed by atoms with Gasteiger partial charge in [0.1, 0.15) is 5.00 Å². The molecule has 1 heterocycles. The van der Waals surface area contributed by atoms with Gasteiger partial charge in [-0.3, -0.25) is 4.98 Å². The summed E-state index contributed by atoms with van der Waals surface area (Å²) in [5.41, 5.74) is 1.77. The molecule has 0 unspecified atom stereocenters. The fraction of sp³-hybridized carbons (Fsp3) is 0. The molecule has 0 aromatic carbocycles. The van der Waals surface area contributed by atoms with Crippen molar-refractivity contribution in [2.75, 3.05) is 4.34 Å². The quantitative estimate of drug-likeness (QED) is 0.665. The van der Waals surface area contributed by atoms with E-state index in [9.17, 15) is 0 Å². The molecule has 7 heavy (non-hydrogen) atoms. The fourth-order valence-electron chi connectivity index (χ4n) is 0.262. The largest absolute Gasteiger partial charge is 0.313 e. The maximum absolute atomic E-state index is 3.82. The van der Waals surface area contributed by atoms with Gasteiger partial charge in [-0.15, -0.1) is 11.3 Å². The number of hydrogen-bond donors (Lipinski definition) is 1. The van der Waals surface area contributed by atoms with Crippen LogP contribution in [0.3, 0.4) is 0 Å². The Hall–Kier alpha value is -0.0900. The van der Waals surface area contributed by atoms with Crippen LogP contribution >= 0.6 is 27.5 Å². The lowest BCUT2D eigenvalue weighted by Crippen LogP contribution is -1.67. The Morgan fingerprint density at radius 3 is 3.00 bits per heavy atom. The van der Waals surface area contributed by atoms with Crippen molar-refractivity contribution >= 4 is 32.5 Å². The zero-order valence-electron chi connectivity index (χ0n) is 3.39. The molecular weight excluding hydrogens is 176 g/mol. The number of nitrogens with zero attached hydrogens (tertiary/aromatic N) is 1. The maximum Gasteiger partial charge on any atom is 0.118 e. The Bertz CT molecular complexity index is 127. The Balaban J connectivity index is 2.76. The van der Waals surface area contributed by atoms with Crippen LogP contribution in [0.15, 0.2) is 11.7 Å². The lowest BCUT2D eigenvalue weighted by molar-refractivity contribution is 1.43. The molecule has 0 spiro atoms. The average Bonchev–Trinajstić information content (AvgIpc) is 2.14. The van der Waals surface area contributed by atoms with Crippen LogP contribution in [0.2, 0.25) is 0 Å². The summed E-state index contributed by atoms with van der Waals surface area (Å²) in [7, 11) is 0. The highest BCUT2D eigenvalue weighted by Crippen LogP contribution is 2.12. The van der Waals surface area contributed by atoms with Gasteiger partial charge in [0.05, 0.1) is 11.7 Å². The van der Waals surface area contributed by atoms with Crippen molar-refractivity contribution in [2.24, 2.45) is 0 Å². The van der Waals surface area contributed by atoms with Gasteiger partial charge in [0.2, 0.25) is 0 Å². The zero-order chi connectivity index (χ0) is 5.11. The van der Waals surface area contributed by atoms with Gasteiger partial charge in [-0.2, -0.15) is 0 Å². The molecule has 4 heteroatoms. The summed E-state index contributed by atoms with van der Waals surface area (Å²) in [6.07, 6.45) is 1.75. The van der Waals surface area contributed by atoms with E-state index in [2.05, 4.69) is 25.5 Å². The van der Waals surface area contributed by atoms with Gasteiger partial charge in [0, 0.05) is 16.1 Å². The number of hydrogen-bond acceptors (Lipinski definition) is 3. The number of halogens is 1. The average molecular weight is 179 g/mol. The van der Waals surface area contributed by atoms with E-state index in [0.717, 1.165) is 5.00 Å². The molecule has 0 aliphatic heterocycles. The summed E-state index contributed by atoms with van der Waals surface area (Å²) >= 11 is 4.61. The lowest BCUT2D eigenvalue weighted by Gasteiger charge is -1.81. The summed E-state index contributed by atoms with van der Waals surface area (Å²) in [6, 6.07) is 0. The highest BCUT2D eigenvalue weighted by Gasteiger charge is 1.83. The number of nitrogens with one attached hydrogen (secondary N) is 1. The van der Waals surface area contributed by atoms with Crippen molar-refractivity contribution in [3.8, 4) is 0 Å². The molecule has 0 saturated carbocycles. The molecule has 0 bridgehead atoms. The molecule has 0 fully saturated rings. The minimum absolute atomic E-state index is 1.03. The number of aromatic nitrogens is 1. The first-order valence-corrected chi connectivity index (χ1v) is 3.36. The molecule has 0 amide bonds. The normalized spacial score (nSPS) is 8.71. The van der Waals surface area contributed by atoms with Gasteiger partial charge >= 0.3 is 0 Å². The summed E-state index contributed by atoms with van der Waals surface area (Å²) < 4.78 is 2.78. The Morgan fingerprint density at radius 2 is 2.71 bits per heavy atom. The van der Waals surface area contributed by atoms with Crippen LogP contribution in [0, 0.1) is 0 Å². The monoisotopic (exact) mass is 178 g/mol. The second-order valence-corrected chi connectivity index (χ2v) is 2.24. The summed E-state index contributed by atoms with van der Waals surface area (Å²) in [6.45, 7) is 0. The Kier molecular flexibility index (Phi) is 1.64. The zero-order valence-corrected chi connectivity index (χ0v) is 5.79. The van der Waals surface area contributed by atoms with E-state index >= 15 is 0 Å². The number of anilines is 1. The first kappa shape index (κ1) is 5.05. The number of thiazole rings is 1. The minimum atomic E-state index is 1.03. The van der Waals surface area contributed by atoms with Crippen LogP contribution in [-0.2, 0) is 0 Å². The second kappa shape index (κ2) is 2.28. The second-order valence-electron chi connectivity index (χ2n) is 0.960. The molecule has 0 saturated heterocycles. The Morgan fingerprint density at radius 1 is 1.86 bits per heavy atom. The van der Waals surface area contributed by atoms with Crippen LogP contribution in [0.25, 0.3) is 0 Å². The van der Waals surface area contributed by atoms with Crippen molar-refractivity contribution in [3.05, 3.63) is 11.7 Å². The van der Waals surface area contributed by atoms with Crippen LogP contribution in [0.5, 0.6) is 0 Å². The van der Waals surface area contributed by atoms with Crippen LogP contribution in [-0.4, -0.2) is 4.98 Å². The molecular formula is C3H3BrN2S. The molecule has 1 rings (SSSR count). The highest BCUT2D eigenvalue weighted by molar-refractivity contribution is 9.10. The van der Waals surface area contributed by atoms with Crippen LogP contribution in [0.4, 0.5) is 5.00 Å². The van der Waals surface area contributed by atoms with Gasteiger partial charge in [-0.1, -0.05) is 0 Å². The third-order valence-corrected chi connectivity index (χ3v) is 1.90. The maximum atomic E-state index is 3.82. The summed E-state index contributed by atoms with van der Waals surface area (Å²) in [5, 5.41) is 1.03. The van der Waals surface area contributed by atoms with Crippen molar-refractivity contribution in [1.29, 1.82) is 0 Å². The minimum Gasteiger partial charge on any atom is -0.313 e. The third kappa shape index (κ3) is 1.14. The molecule has 0 aliphatic rings. The predicted octanol–water partition coefficient (Wildman–Crippen LogP) is 1.86. The standard InChI is InChI=1S/C3H3BrN2S/c4-6-3-1-5-2-7-3/h1-2,6H. The smallest absolute Gasteiger partial charge is 0.118 e. The highest BCUT2D eigenvalue weighted by atomic mass is 79.9. The van der Waals surface area contributed by atoms with E-state index in [4.69, 9.17) is 0 Å². The van der Waals surface area contributed by atoms with E-state index in [0.29, 0.717) is 0 Å². The third-order valence-electron chi connectivity index (χ3n) is 0.525. The fourth-order valence-corrected chi connectivity index (χ4v) is 1.05. The molecule has 1 N–H and O–H groups in total. The van der Waals surface area contributed by atoms with Gasteiger partial charge in [0.25, 0.3) is 0 Å². The first-order valence-electron chi connectivity index (χ1n) is 1.68. The van der Waals surface area contributed by atoms with Gasteiger partial charge < -0.3 is 4.34 Å². The van der Waals surface area contributed by atoms with Crippen molar-refractivity contribution < 1.29 is 0 Å². The molecule has 38 valence electrons. The summed E-state index contributed by atoms with van der Waals surface area (Å²) in [4.78, 5) is 3.82. The van der Waals surface area contributed by atoms with Crippen molar-refractivity contribution in [3.63, 3.8) is 0 Å². The number of rotatable bonds is 1. The van der Waals surface area contributed by atoms with Crippen LogP contribution in [0.1, 0.15) is 0 Å². The molecule has 2 nitrogen and oxygen atoms in total. The first-order chi connectivity index (χ1) is 3.43. The summed E-state index contributed by atoms with van der Waals surface area (Å²) in [5.74, 6) is 0. The van der Waals surface area contributed by atoms with Crippen molar-refractivity contribution in [2.45, 2.75) is 0 Å². The van der Waals surface area contributed by atoms with Crippen LogP contribution < -0.4 is 4.34 Å². The van der Waals surface area contributed by atoms with E-state index in [1.54, 1.807) is 23.0 Å². The molecule has 1 aromatic rings. The molecule has 0 atom stereocenters. The van der Waals surface area contributed by atoms with Gasteiger partial charge in [-0.05, 0) is 0 Å². The van der Waals surface area contributed by atoms with Crippen molar-refractivity contribution in [1.82, 2.24) is 4.98 Å². The lowest BCUT2D eigenvalue weighted by atomic mass is 10.9. The van der Waals surface area contributed by atoms with E-state index in [-0.39, 0.29) is 0 Å². The topological polar surface area (TPSA) is 24.9 Å².